The Balaban J connectivity index is 1.38. The number of phenols is 1. The van der Waals surface area contributed by atoms with Gasteiger partial charge in [0.1, 0.15) is 5.75 Å². The minimum Gasteiger partial charge on any atom is -0.508 e. The summed E-state index contributed by atoms with van der Waals surface area (Å²) in [6.45, 7) is 5.13. The Kier molecular flexibility index (Phi) is 5.50. The zero-order valence-electron chi connectivity index (χ0n) is 17.7. The van der Waals surface area contributed by atoms with Gasteiger partial charge in [0.2, 0.25) is 0 Å². The third-order valence-corrected chi connectivity index (χ3v) is 7.05. The van der Waals surface area contributed by atoms with Crippen LogP contribution in [-0.2, 0) is 32.5 Å². The fraction of sp³-hybridized carbons (Fsp3) is 0.435. The smallest absolute Gasteiger partial charge is 0.272 e. The zero-order valence-corrected chi connectivity index (χ0v) is 18.5. The van der Waals surface area contributed by atoms with Crippen molar-refractivity contribution in [3.8, 4) is 5.75 Å². The average Bonchev–Trinajstić information content (AvgIpc) is 3.35. The lowest BCUT2D eigenvalue weighted by Crippen LogP contribution is -2.32. The van der Waals surface area contributed by atoms with Crippen molar-refractivity contribution in [2.24, 2.45) is 0 Å². The number of aromatic hydroxyl groups is 1. The lowest BCUT2D eigenvalue weighted by Gasteiger charge is -2.27. The molecule has 1 saturated carbocycles. The number of aryl methyl sites for hydroxylation is 3. The van der Waals surface area contributed by atoms with Gasteiger partial charge in [-0.2, -0.15) is 5.10 Å². The van der Waals surface area contributed by atoms with Gasteiger partial charge in [-0.25, -0.2) is 4.98 Å². The second-order valence-corrected chi connectivity index (χ2v) is 9.43. The van der Waals surface area contributed by atoms with Crippen LogP contribution in [-0.4, -0.2) is 43.3 Å². The number of hydrogen-bond acceptors (Lipinski definition) is 6. The van der Waals surface area contributed by atoms with E-state index in [1.165, 1.54) is 10.6 Å². The predicted molar refractivity (Wildman–Crippen MR) is 119 cm³/mol. The number of nitrogens with zero attached hydrogens (tertiary/aromatic N) is 4. The summed E-state index contributed by atoms with van der Waals surface area (Å²) in [5.74, 6) is 0.233. The lowest BCUT2D eigenvalue weighted by atomic mass is 10.0. The van der Waals surface area contributed by atoms with Crippen molar-refractivity contribution in [3.05, 3.63) is 62.9 Å². The first-order valence-corrected chi connectivity index (χ1v) is 11.7. The molecule has 1 aromatic carbocycles. The lowest BCUT2D eigenvalue weighted by molar-refractivity contribution is 0.0943. The molecule has 2 N–H and O–H groups in total. The number of carbonyl (C=O) groups excluding carboxylic acids is 1. The van der Waals surface area contributed by atoms with Crippen LogP contribution in [0.2, 0.25) is 0 Å². The van der Waals surface area contributed by atoms with Crippen LogP contribution in [0.5, 0.6) is 5.75 Å². The van der Waals surface area contributed by atoms with Crippen LogP contribution in [0.3, 0.4) is 0 Å². The minimum absolute atomic E-state index is 0.0503. The van der Waals surface area contributed by atoms with E-state index in [1.807, 2.05) is 29.2 Å². The number of carbonyl (C=O) groups is 1. The molecule has 0 spiro atoms. The van der Waals surface area contributed by atoms with E-state index in [4.69, 9.17) is 5.10 Å². The van der Waals surface area contributed by atoms with Gasteiger partial charge in [0.15, 0.2) is 5.69 Å². The largest absolute Gasteiger partial charge is 0.508 e. The van der Waals surface area contributed by atoms with Crippen LogP contribution < -0.4 is 5.32 Å². The molecule has 0 radical (unpaired) electrons. The first kappa shape index (κ1) is 20.2. The Morgan fingerprint density at radius 2 is 2.23 bits per heavy atom. The van der Waals surface area contributed by atoms with Crippen molar-refractivity contribution in [1.82, 2.24) is 25.0 Å². The van der Waals surface area contributed by atoms with E-state index in [-0.39, 0.29) is 11.7 Å². The summed E-state index contributed by atoms with van der Waals surface area (Å²) in [4.78, 5) is 20.9. The summed E-state index contributed by atoms with van der Waals surface area (Å²) < 4.78 is 2.04. The highest BCUT2D eigenvalue weighted by Gasteiger charge is 2.31. The molecule has 0 atom stereocenters. The first-order chi connectivity index (χ1) is 15.1. The summed E-state index contributed by atoms with van der Waals surface area (Å²) in [6.07, 6.45) is 3.85. The average molecular weight is 438 g/mol. The molecule has 0 saturated heterocycles. The molecule has 2 aromatic heterocycles. The number of amides is 1. The van der Waals surface area contributed by atoms with E-state index in [2.05, 4.69) is 15.2 Å². The van der Waals surface area contributed by atoms with E-state index in [9.17, 15) is 9.90 Å². The summed E-state index contributed by atoms with van der Waals surface area (Å²) in [5.41, 5.74) is 6.83. The number of hydrogen-bond donors (Lipinski definition) is 2. The summed E-state index contributed by atoms with van der Waals surface area (Å²) in [6, 6.07) is 7.69. The maximum absolute atomic E-state index is 12.9. The summed E-state index contributed by atoms with van der Waals surface area (Å²) >= 11 is 1.68. The standard InChI is InChI=1S/C23H27N5O2S/c1-15-21(31-14-24-15)8-10-28-20-7-9-27(12-16-3-2-4-18(29)11-16)13-19(20)22(26-28)23(30)25-17-5-6-17/h2-4,11,14,17,29H,5-10,12-13H2,1H3,(H,25,30). The van der Waals surface area contributed by atoms with Crippen molar-refractivity contribution >= 4 is 17.2 Å². The molecule has 31 heavy (non-hydrogen) atoms. The molecule has 0 unspecified atom stereocenters. The second-order valence-electron chi connectivity index (χ2n) is 8.49. The van der Waals surface area contributed by atoms with Crippen LogP contribution in [0.25, 0.3) is 0 Å². The summed E-state index contributed by atoms with van der Waals surface area (Å²) in [7, 11) is 0. The highest BCUT2D eigenvalue weighted by atomic mass is 32.1. The fourth-order valence-corrected chi connectivity index (χ4v) is 4.99. The molecular formula is C23H27N5O2S. The van der Waals surface area contributed by atoms with Crippen molar-refractivity contribution in [2.45, 2.75) is 58.3 Å². The molecule has 8 heteroatoms. The first-order valence-electron chi connectivity index (χ1n) is 10.9. The Hall–Kier alpha value is -2.71. The molecule has 0 bridgehead atoms. The number of fused-ring (bicyclic) bond motifs is 1. The van der Waals surface area contributed by atoms with Gasteiger partial charge >= 0.3 is 0 Å². The maximum Gasteiger partial charge on any atom is 0.272 e. The molecule has 7 nitrogen and oxygen atoms in total. The predicted octanol–water partition coefficient (Wildman–Crippen LogP) is 3.05. The second kappa shape index (κ2) is 8.43. The van der Waals surface area contributed by atoms with Gasteiger partial charge in [-0.05, 0) is 37.5 Å². The number of nitrogens with one attached hydrogen (secondary N) is 1. The van der Waals surface area contributed by atoms with Gasteiger partial charge in [-0.1, -0.05) is 12.1 Å². The molecule has 1 amide bonds. The van der Waals surface area contributed by atoms with Crippen LogP contribution >= 0.6 is 11.3 Å². The molecule has 162 valence electrons. The van der Waals surface area contributed by atoms with E-state index >= 15 is 0 Å². The quantitative estimate of drug-likeness (QED) is 0.594. The van der Waals surface area contributed by atoms with E-state index in [0.717, 1.165) is 62.1 Å². The molecule has 1 aliphatic heterocycles. The van der Waals surface area contributed by atoms with Crippen molar-refractivity contribution < 1.29 is 9.90 Å². The fourth-order valence-electron chi connectivity index (χ4n) is 4.22. The van der Waals surface area contributed by atoms with Gasteiger partial charge in [0.05, 0.1) is 11.2 Å². The van der Waals surface area contributed by atoms with Gasteiger partial charge in [-0.3, -0.25) is 14.4 Å². The number of thiazole rings is 1. The minimum atomic E-state index is -0.0503. The number of phenolic OH excluding ortho intramolecular Hbond substituents is 1. The van der Waals surface area contributed by atoms with Gasteiger partial charge in [-0.15, -0.1) is 11.3 Å². The molecule has 1 fully saturated rings. The van der Waals surface area contributed by atoms with E-state index in [0.29, 0.717) is 18.3 Å². The van der Waals surface area contributed by atoms with Crippen molar-refractivity contribution in [1.29, 1.82) is 0 Å². The molecule has 3 heterocycles. The number of benzene rings is 1. The molecule has 3 aromatic rings. The Morgan fingerprint density at radius 1 is 1.35 bits per heavy atom. The third kappa shape index (κ3) is 4.50. The maximum atomic E-state index is 12.9. The zero-order chi connectivity index (χ0) is 21.4. The molecule has 5 rings (SSSR count). The van der Waals surface area contributed by atoms with Crippen LogP contribution in [0.4, 0.5) is 0 Å². The summed E-state index contributed by atoms with van der Waals surface area (Å²) in [5, 5.41) is 17.7. The Bertz CT molecular complexity index is 1100. The molecule has 1 aliphatic carbocycles. The third-order valence-electron chi connectivity index (χ3n) is 6.05. The van der Waals surface area contributed by atoms with E-state index < -0.39 is 0 Å². The van der Waals surface area contributed by atoms with Crippen molar-refractivity contribution in [2.75, 3.05) is 6.54 Å². The topological polar surface area (TPSA) is 83.3 Å². The molecule has 2 aliphatic rings. The van der Waals surface area contributed by atoms with Gasteiger partial charge in [0.25, 0.3) is 5.91 Å². The van der Waals surface area contributed by atoms with Crippen LogP contribution in [0.1, 0.15) is 50.7 Å². The van der Waals surface area contributed by atoms with E-state index in [1.54, 1.807) is 23.5 Å². The number of aromatic nitrogens is 3. The SMILES string of the molecule is Cc1ncsc1CCn1nc(C(=O)NC2CC2)c2c1CCN(Cc1cccc(O)c1)C2. The Labute approximate surface area is 185 Å². The normalized spacial score (nSPS) is 16.3. The Morgan fingerprint density at radius 3 is 2.97 bits per heavy atom. The molecular weight excluding hydrogens is 410 g/mol. The highest BCUT2D eigenvalue weighted by Crippen LogP contribution is 2.27. The highest BCUT2D eigenvalue weighted by molar-refractivity contribution is 7.09. The monoisotopic (exact) mass is 437 g/mol. The van der Waals surface area contributed by atoms with Crippen LogP contribution in [0, 0.1) is 6.92 Å². The van der Waals surface area contributed by atoms with Crippen molar-refractivity contribution in [3.63, 3.8) is 0 Å². The number of rotatable bonds is 7. The van der Waals surface area contributed by atoms with Crippen LogP contribution in [0.15, 0.2) is 29.8 Å². The van der Waals surface area contributed by atoms with Gasteiger partial charge in [0, 0.05) is 61.2 Å². The van der Waals surface area contributed by atoms with Gasteiger partial charge < -0.3 is 10.4 Å².